The number of hydrogen-bond acceptors (Lipinski definition) is 8. The Morgan fingerprint density at radius 2 is 1.78 bits per heavy atom. The molecule has 188 valence electrons. The van der Waals surface area contributed by atoms with E-state index in [4.69, 9.17) is 29.4 Å². The van der Waals surface area contributed by atoms with E-state index in [2.05, 4.69) is 0 Å². The predicted octanol–water partition coefficient (Wildman–Crippen LogP) is 3.63. The molecule has 37 heavy (non-hydrogen) atoms. The third-order valence-electron chi connectivity index (χ3n) is 6.15. The Bertz CT molecular complexity index is 1440. The van der Waals surface area contributed by atoms with Crippen LogP contribution >= 0.6 is 0 Å². The molecule has 2 heterocycles. The monoisotopic (exact) mass is 501 g/mol. The zero-order chi connectivity index (χ0) is 26.1. The minimum atomic E-state index is -0.639. The van der Waals surface area contributed by atoms with Gasteiger partial charge in [0.2, 0.25) is 5.78 Å². The van der Waals surface area contributed by atoms with Gasteiger partial charge in [-0.1, -0.05) is 18.2 Å². The smallest absolute Gasteiger partial charge is 0.312 e. The second kappa shape index (κ2) is 9.69. The fourth-order valence-electron chi connectivity index (χ4n) is 4.41. The van der Waals surface area contributed by atoms with Crippen molar-refractivity contribution in [3.05, 3.63) is 82.6 Å². The van der Waals surface area contributed by atoms with Crippen molar-refractivity contribution in [2.75, 3.05) is 20.8 Å². The summed E-state index contributed by atoms with van der Waals surface area (Å²) in [6.07, 6.45) is 1.67. The number of amides is 1. The van der Waals surface area contributed by atoms with Gasteiger partial charge in [0, 0.05) is 11.5 Å². The van der Waals surface area contributed by atoms with E-state index in [9.17, 15) is 14.4 Å². The predicted molar refractivity (Wildman–Crippen MR) is 132 cm³/mol. The lowest BCUT2D eigenvalue weighted by molar-refractivity contribution is -0.135. The lowest BCUT2D eigenvalue weighted by Gasteiger charge is -2.26. The summed E-state index contributed by atoms with van der Waals surface area (Å²) in [5, 5.41) is 0. The Morgan fingerprint density at radius 3 is 2.49 bits per heavy atom. The molecule has 9 nitrogen and oxygen atoms in total. The maximum Gasteiger partial charge on any atom is 0.312 e. The van der Waals surface area contributed by atoms with E-state index in [0.717, 1.165) is 5.56 Å². The van der Waals surface area contributed by atoms with E-state index in [0.29, 0.717) is 45.4 Å². The van der Waals surface area contributed by atoms with Crippen LogP contribution in [-0.4, -0.2) is 38.5 Å². The van der Waals surface area contributed by atoms with Crippen molar-refractivity contribution in [3.63, 3.8) is 0 Å². The number of carbonyl (C=O) groups excluding carboxylic acids is 3. The molecule has 0 spiro atoms. The molecule has 9 heteroatoms. The molecule has 0 saturated heterocycles. The lowest BCUT2D eigenvalue weighted by atomic mass is 9.84. The van der Waals surface area contributed by atoms with E-state index in [1.54, 1.807) is 55.7 Å². The topological polar surface area (TPSA) is 123 Å². The van der Waals surface area contributed by atoms with Gasteiger partial charge in [-0.25, -0.2) is 0 Å². The number of allylic oxidation sites excluding steroid dienone is 1. The van der Waals surface area contributed by atoms with E-state index in [-0.39, 0.29) is 24.6 Å². The average molecular weight is 501 g/mol. The molecule has 0 unspecified atom stereocenters. The van der Waals surface area contributed by atoms with Gasteiger partial charge in [0.15, 0.2) is 23.9 Å². The molecule has 5 rings (SSSR count). The molecule has 3 aromatic carbocycles. The van der Waals surface area contributed by atoms with E-state index < -0.39 is 17.8 Å². The number of ketones is 1. The van der Waals surface area contributed by atoms with Gasteiger partial charge in [-0.2, -0.15) is 0 Å². The highest BCUT2D eigenvalue weighted by molar-refractivity contribution is 6.15. The number of benzene rings is 3. The van der Waals surface area contributed by atoms with Gasteiger partial charge >= 0.3 is 5.97 Å². The van der Waals surface area contributed by atoms with Crippen LogP contribution in [0.15, 0.2) is 60.4 Å². The van der Waals surface area contributed by atoms with Gasteiger partial charge in [-0.15, -0.1) is 0 Å². The van der Waals surface area contributed by atoms with Gasteiger partial charge in [0.25, 0.3) is 5.91 Å². The third kappa shape index (κ3) is 4.58. The van der Waals surface area contributed by atoms with Crippen LogP contribution < -0.4 is 29.4 Å². The molecule has 2 aliphatic rings. The number of rotatable bonds is 7. The van der Waals surface area contributed by atoms with Crippen LogP contribution in [0.3, 0.4) is 0 Å². The molecule has 1 amide bonds. The third-order valence-corrected chi connectivity index (χ3v) is 6.15. The SMILES string of the molecule is COc1ccc(/C=C2\Oc3c(ccc4c3[C@@H](c3ccc(OC)c(OCC(N)=O)c3)CC(=O)O4)C2=O)cc1. The lowest BCUT2D eigenvalue weighted by Crippen LogP contribution is -2.22. The van der Waals surface area contributed by atoms with Crippen molar-refractivity contribution in [2.45, 2.75) is 12.3 Å². The number of esters is 1. The normalized spacial score (nSPS) is 16.9. The largest absolute Gasteiger partial charge is 0.497 e. The van der Waals surface area contributed by atoms with Crippen LogP contribution in [0.5, 0.6) is 28.7 Å². The molecule has 1 atom stereocenters. The van der Waals surface area contributed by atoms with Crippen molar-refractivity contribution in [1.82, 2.24) is 0 Å². The molecule has 0 aliphatic carbocycles. The Kier molecular flexibility index (Phi) is 6.27. The number of Topliss-reactive ketones (excluding diaryl/α,β-unsaturated/α-hetero) is 1. The standard InChI is InChI=1S/C28H23NO8/c1-33-17-6-3-15(4-7-17)11-23-27(32)18-8-10-21-26(28(18)37-23)19(13-25(31)36-21)16-5-9-20(34-2)22(12-16)35-14-24(29)30/h3-12,19H,13-14H2,1-2H3,(H2,29,30)/b23-11-/t19-/m1/s1. The fourth-order valence-corrected chi connectivity index (χ4v) is 4.41. The Hall–Kier alpha value is -4.79. The zero-order valence-corrected chi connectivity index (χ0v) is 20.1. The summed E-state index contributed by atoms with van der Waals surface area (Å²) in [7, 11) is 3.05. The summed E-state index contributed by atoms with van der Waals surface area (Å²) in [5.41, 5.74) is 7.63. The maximum atomic E-state index is 13.2. The quantitative estimate of drug-likeness (QED) is 0.296. The van der Waals surface area contributed by atoms with Crippen LogP contribution in [0.4, 0.5) is 0 Å². The highest BCUT2D eigenvalue weighted by Crippen LogP contribution is 2.49. The number of fused-ring (bicyclic) bond motifs is 3. The van der Waals surface area contributed by atoms with Crippen LogP contribution in [0, 0.1) is 0 Å². The van der Waals surface area contributed by atoms with Crippen molar-refractivity contribution in [2.24, 2.45) is 5.73 Å². The Morgan fingerprint density at radius 1 is 1.00 bits per heavy atom. The van der Waals surface area contributed by atoms with Crippen molar-refractivity contribution >= 4 is 23.7 Å². The van der Waals surface area contributed by atoms with E-state index in [1.165, 1.54) is 7.11 Å². The molecule has 3 aromatic rings. The molecule has 0 saturated carbocycles. The van der Waals surface area contributed by atoms with Crippen molar-refractivity contribution in [3.8, 4) is 28.7 Å². The molecular weight excluding hydrogens is 478 g/mol. The summed E-state index contributed by atoms with van der Waals surface area (Å²) in [5.74, 6) is 0.369. The summed E-state index contributed by atoms with van der Waals surface area (Å²) in [4.78, 5) is 36.9. The van der Waals surface area contributed by atoms with Gasteiger partial charge in [0.1, 0.15) is 17.2 Å². The highest BCUT2D eigenvalue weighted by Gasteiger charge is 2.38. The molecule has 0 fully saturated rings. The number of hydrogen-bond donors (Lipinski definition) is 1. The van der Waals surface area contributed by atoms with Crippen molar-refractivity contribution in [1.29, 1.82) is 0 Å². The minimum Gasteiger partial charge on any atom is -0.497 e. The second-order valence-corrected chi connectivity index (χ2v) is 8.46. The summed E-state index contributed by atoms with van der Waals surface area (Å²) >= 11 is 0. The number of ether oxygens (including phenoxy) is 5. The van der Waals surface area contributed by atoms with Crippen LogP contribution in [0.1, 0.15) is 39.4 Å². The first kappa shape index (κ1) is 23.9. The highest BCUT2D eigenvalue weighted by atomic mass is 16.5. The van der Waals surface area contributed by atoms with Gasteiger partial charge in [-0.05, 0) is 53.6 Å². The van der Waals surface area contributed by atoms with Crippen LogP contribution in [0.25, 0.3) is 6.08 Å². The fraction of sp³-hybridized carbons (Fsp3) is 0.179. The number of carbonyl (C=O) groups is 3. The van der Waals surface area contributed by atoms with Crippen molar-refractivity contribution < 1.29 is 38.1 Å². The first-order valence-corrected chi connectivity index (χ1v) is 11.4. The number of nitrogens with two attached hydrogens (primary N) is 1. The first-order chi connectivity index (χ1) is 17.9. The Labute approximate surface area is 212 Å². The molecule has 0 bridgehead atoms. The van der Waals surface area contributed by atoms with Crippen LogP contribution in [-0.2, 0) is 9.59 Å². The van der Waals surface area contributed by atoms with E-state index in [1.807, 2.05) is 12.1 Å². The molecule has 2 N–H and O–H groups in total. The second-order valence-electron chi connectivity index (χ2n) is 8.46. The summed E-state index contributed by atoms with van der Waals surface area (Å²) in [6.45, 7) is -0.338. The summed E-state index contributed by atoms with van der Waals surface area (Å²) < 4.78 is 27.6. The minimum absolute atomic E-state index is 0.0140. The zero-order valence-electron chi connectivity index (χ0n) is 20.1. The summed E-state index contributed by atoms with van der Waals surface area (Å²) in [6, 6.07) is 15.5. The van der Waals surface area contributed by atoms with Gasteiger partial charge in [0.05, 0.1) is 26.2 Å². The molecule has 0 aromatic heterocycles. The van der Waals surface area contributed by atoms with Gasteiger partial charge in [-0.3, -0.25) is 14.4 Å². The molecule has 0 radical (unpaired) electrons. The van der Waals surface area contributed by atoms with Crippen LogP contribution in [0.2, 0.25) is 0 Å². The Balaban J connectivity index is 1.55. The average Bonchev–Trinajstić information content (AvgIpc) is 3.22. The van der Waals surface area contributed by atoms with Gasteiger partial charge < -0.3 is 29.4 Å². The number of primary amides is 1. The number of methoxy groups -OCH3 is 2. The molecule has 2 aliphatic heterocycles. The molecular formula is C28H23NO8. The maximum absolute atomic E-state index is 13.2. The van der Waals surface area contributed by atoms with E-state index >= 15 is 0 Å². The first-order valence-electron chi connectivity index (χ1n) is 11.4.